The van der Waals surface area contributed by atoms with Crippen molar-refractivity contribution in [2.75, 3.05) is 0 Å². The standard InChI is InChI=1S/C9H7NO.CHF3O3S/c11-9-6-5-7-3-1-2-4-8(7)10-9;2-1(3,4)8(5,6)7/h1-6H,(H,10,11);(H,5,6,7). The molecule has 0 atom stereocenters. The topological polar surface area (TPSA) is 87.2 Å². The average molecular weight is 295 g/mol. The van der Waals surface area contributed by atoms with Crippen LogP contribution in [0.5, 0.6) is 0 Å². The molecule has 0 unspecified atom stereocenters. The van der Waals surface area contributed by atoms with E-state index in [1.54, 1.807) is 0 Å². The Balaban J connectivity index is 0.000000203. The van der Waals surface area contributed by atoms with Crippen LogP contribution < -0.4 is 5.56 Å². The van der Waals surface area contributed by atoms with Gasteiger partial charge >= 0.3 is 15.6 Å². The van der Waals surface area contributed by atoms with Crippen molar-refractivity contribution in [1.82, 2.24) is 4.98 Å². The van der Waals surface area contributed by atoms with E-state index in [4.69, 9.17) is 13.0 Å². The number of hydrogen-bond acceptors (Lipinski definition) is 3. The molecule has 0 aliphatic rings. The van der Waals surface area contributed by atoms with E-state index >= 15 is 0 Å². The maximum absolute atomic E-state index is 10.8. The largest absolute Gasteiger partial charge is 0.522 e. The first kappa shape index (κ1) is 15.2. The molecular weight excluding hydrogens is 287 g/mol. The lowest BCUT2D eigenvalue weighted by Crippen LogP contribution is -2.21. The van der Waals surface area contributed by atoms with Gasteiger partial charge in [0.05, 0.1) is 0 Å². The number of fused-ring (bicyclic) bond motifs is 1. The van der Waals surface area contributed by atoms with E-state index in [0.717, 1.165) is 10.9 Å². The molecule has 104 valence electrons. The van der Waals surface area contributed by atoms with Crippen LogP contribution in [0.2, 0.25) is 0 Å². The molecule has 1 aromatic carbocycles. The van der Waals surface area contributed by atoms with Gasteiger partial charge in [-0.3, -0.25) is 9.35 Å². The first-order valence-corrected chi connectivity index (χ1v) is 6.17. The van der Waals surface area contributed by atoms with Crippen LogP contribution in [0.4, 0.5) is 13.2 Å². The fraction of sp³-hybridized carbons (Fsp3) is 0.100. The number of para-hydroxylation sites is 1. The first-order valence-electron chi connectivity index (χ1n) is 4.73. The van der Waals surface area contributed by atoms with E-state index in [0.29, 0.717) is 0 Å². The van der Waals surface area contributed by atoms with Crippen molar-refractivity contribution >= 4 is 21.0 Å². The highest BCUT2D eigenvalue weighted by Gasteiger charge is 2.44. The molecule has 2 N–H and O–H groups in total. The van der Waals surface area contributed by atoms with Crippen molar-refractivity contribution in [3.8, 4) is 0 Å². The monoisotopic (exact) mass is 295 g/mol. The van der Waals surface area contributed by atoms with Crippen molar-refractivity contribution < 1.29 is 26.1 Å². The van der Waals surface area contributed by atoms with Gasteiger partial charge in [0.15, 0.2) is 0 Å². The number of rotatable bonds is 0. The molecule has 0 saturated carbocycles. The number of nitrogens with one attached hydrogen (secondary N) is 1. The van der Waals surface area contributed by atoms with Gasteiger partial charge in [0.1, 0.15) is 0 Å². The van der Waals surface area contributed by atoms with Gasteiger partial charge in [-0.1, -0.05) is 18.2 Å². The number of benzene rings is 1. The summed E-state index contributed by atoms with van der Waals surface area (Å²) in [5.41, 5.74) is -4.70. The van der Waals surface area contributed by atoms with Crippen LogP contribution in [0.1, 0.15) is 0 Å². The van der Waals surface area contributed by atoms with E-state index in [2.05, 4.69) is 4.98 Å². The number of H-pyrrole nitrogens is 1. The minimum atomic E-state index is -5.84. The van der Waals surface area contributed by atoms with Gasteiger partial charge in [-0.25, -0.2) is 0 Å². The molecule has 2 rings (SSSR count). The Kier molecular flexibility index (Phi) is 4.32. The lowest BCUT2D eigenvalue weighted by Gasteiger charge is -1.97. The van der Waals surface area contributed by atoms with Crippen LogP contribution in [0.25, 0.3) is 10.9 Å². The number of hydrogen-bond donors (Lipinski definition) is 2. The molecule has 0 fully saturated rings. The van der Waals surface area contributed by atoms with Crippen LogP contribution in [0.3, 0.4) is 0 Å². The lowest BCUT2D eigenvalue weighted by atomic mass is 10.2. The number of alkyl halides is 3. The summed E-state index contributed by atoms with van der Waals surface area (Å²) in [4.78, 5) is 13.6. The molecule has 0 bridgehead atoms. The van der Waals surface area contributed by atoms with E-state index in [1.807, 2.05) is 30.3 Å². The molecule has 1 aromatic heterocycles. The minimum absolute atomic E-state index is 0.0521. The fourth-order valence-electron chi connectivity index (χ4n) is 1.10. The second-order valence-electron chi connectivity index (χ2n) is 3.33. The van der Waals surface area contributed by atoms with Gasteiger partial charge in [0, 0.05) is 11.6 Å². The molecular formula is C10H8F3NO4S. The van der Waals surface area contributed by atoms with Crippen molar-refractivity contribution in [3.05, 3.63) is 46.8 Å². The smallest absolute Gasteiger partial charge is 0.322 e. The summed E-state index contributed by atoms with van der Waals surface area (Å²) < 4.78 is 57.5. The molecule has 2 aromatic rings. The van der Waals surface area contributed by atoms with E-state index in [9.17, 15) is 18.0 Å². The summed E-state index contributed by atoms with van der Waals surface area (Å²) in [6, 6.07) is 11.0. The normalized spacial score (nSPS) is 11.8. The Hall–Kier alpha value is -1.87. The number of aromatic nitrogens is 1. The van der Waals surface area contributed by atoms with E-state index < -0.39 is 15.6 Å². The van der Waals surface area contributed by atoms with Gasteiger partial charge in [-0.05, 0) is 17.5 Å². The molecule has 0 aliphatic carbocycles. The number of pyridine rings is 1. The van der Waals surface area contributed by atoms with Crippen molar-refractivity contribution in [2.24, 2.45) is 0 Å². The van der Waals surface area contributed by atoms with Crippen molar-refractivity contribution in [1.29, 1.82) is 0 Å². The zero-order chi connectivity index (χ0) is 14.7. The van der Waals surface area contributed by atoms with Gasteiger partial charge in [0.25, 0.3) is 0 Å². The fourth-order valence-corrected chi connectivity index (χ4v) is 1.10. The zero-order valence-corrected chi connectivity index (χ0v) is 9.99. The number of halogens is 3. The maximum atomic E-state index is 10.8. The summed E-state index contributed by atoms with van der Waals surface area (Å²) in [5, 5.41) is 1.06. The molecule has 19 heavy (non-hydrogen) atoms. The van der Waals surface area contributed by atoms with Gasteiger partial charge in [-0.15, -0.1) is 0 Å². The molecule has 0 spiro atoms. The highest BCUT2D eigenvalue weighted by molar-refractivity contribution is 7.86. The Morgan fingerprint density at radius 2 is 1.58 bits per heavy atom. The van der Waals surface area contributed by atoms with Crippen LogP contribution in [0.15, 0.2) is 41.2 Å². The quantitative estimate of drug-likeness (QED) is 0.574. The maximum Gasteiger partial charge on any atom is 0.522 e. The third-order valence-electron chi connectivity index (χ3n) is 1.93. The molecule has 0 aliphatic heterocycles. The molecule has 1 heterocycles. The third-order valence-corrected chi connectivity index (χ3v) is 2.51. The van der Waals surface area contributed by atoms with Crippen LogP contribution in [0, 0.1) is 0 Å². The Morgan fingerprint density at radius 3 is 2.11 bits per heavy atom. The van der Waals surface area contributed by atoms with Crippen molar-refractivity contribution in [3.63, 3.8) is 0 Å². The summed E-state index contributed by atoms with van der Waals surface area (Å²) in [7, 11) is -5.84. The third kappa shape index (κ3) is 4.38. The Labute approximate surface area is 105 Å². The van der Waals surface area contributed by atoms with E-state index in [-0.39, 0.29) is 5.56 Å². The number of aromatic amines is 1. The average Bonchev–Trinajstić information content (AvgIpc) is 2.27. The minimum Gasteiger partial charge on any atom is -0.322 e. The lowest BCUT2D eigenvalue weighted by molar-refractivity contribution is -0.0510. The first-order chi connectivity index (χ1) is 8.61. The van der Waals surface area contributed by atoms with Gasteiger partial charge < -0.3 is 4.98 Å². The highest BCUT2D eigenvalue weighted by atomic mass is 32.2. The summed E-state index contributed by atoms with van der Waals surface area (Å²) in [6.07, 6.45) is 0. The van der Waals surface area contributed by atoms with Crippen LogP contribution in [-0.2, 0) is 10.1 Å². The summed E-state index contributed by atoms with van der Waals surface area (Å²) >= 11 is 0. The zero-order valence-electron chi connectivity index (χ0n) is 9.18. The molecule has 0 saturated heterocycles. The van der Waals surface area contributed by atoms with Crippen LogP contribution in [-0.4, -0.2) is 23.5 Å². The van der Waals surface area contributed by atoms with E-state index in [1.165, 1.54) is 6.07 Å². The van der Waals surface area contributed by atoms with Crippen molar-refractivity contribution in [2.45, 2.75) is 5.51 Å². The second-order valence-corrected chi connectivity index (χ2v) is 4.74. The predicted molar refractivity (Wildman–Crippen MR) is 62.2 cm³/mol. The Bertz CT molecular complexity index is 721. The van der Waals surface area contributed by atoms with Gasteiger partial charge in [0.2, 0.25) is 5.56 Å². The SMILES string of the molecule is O=S(=O)(O)C(F)(F)F.O=c1ccc2ccccc2[nH]1. The second kappa shape index (κ2) is 5.41. The molecule has 9 heteroatoms. The molecule has 0 amide bonds. The molecule has 5 nitrogen and oxygen atoms in total. The van der Waals surface area contributed by atoms with Crippen LogP contribution >= 0.6 is 0 Å². The highest BCUT2D eigenvalue weighted by Crippen LogP contribution is 2.20. The predicted octanol–water partition coefficient (Wildman–Crippen LogP) is 1.92. The molecule has 0 radical (unpaired) electrons. The summed E-state index contributed by atoms with van der Waals surface area (Å²) in [6.45, 7) is 0. The Morgan fingerprint density at radius 1 is 1.05 bits per heavy atom. The summed E-state index contributed by atoms with van der Waals surface area (Å²) in [5.74, 6) is 0. The van der Waals surface area contributed by atoms with Gasteiger partial charge in [-0.2, -0.15) is 21.6 Å².